The number of fused-ring (bicyclic) bond motifs is 2. The lowest BCUT2D eigenvalue weighted by atomic mass is 9.65. The van der Waals surface area contributed by atoms with Crippen molar-refractivity contribution >= 4 is 5.91 Å². The Hall–Kier alpha value is -0.570. The van der Waals surface area contributed by atoms with Gasteiger partial charge in [0.2, 0.25) is 5.91 Å². The highest BCUT2D eigenvalue weighted by Crippen LogP contribution is 2.52. The number of rotatable bonds is 4. The molecule has 3 heteroatoms. The Morgan fingerprint density at radius 3 is 2.68 bits per heavy atom. The number of amides is 1. The Labute approximate surface area is 117 Å². The maximum absolute atomic E-state index is 12.5. The molecular formula is C16H30N2O. The Kier molecular flexibility index (Phi) is 3.97. The minimum atomic E-state index is 0.0405. The van der Waals surface area contributed by atoms with Crippen molar-refractivity contribution in [3.05, 3.63) is 0 Å². The summed E-state index contributed by atoms with van der Waals surface area (Å²) in [6.45, 7) is 10.1. The van der Waals surface area contributed by atoms with E-state index in [0.29, 0.717) is 23.3 Å². The summed E-state index contributed by atoms with van der Waals surface area (Å²) >= 11 is 0. The number of likely N-dealkylation sites (tertiary alicyclic amines) is 1. The zero-order chi connectivity index (χ0) is 14.3. The van der Waals surface area contributed by atoms with Crippen molar-refractivity contribution in [1.29, 1.82) is 0 Å². The van der Waals surface area contributed by atoms with E-state index in [2.05, 4.69) is 32.6 Å². The van der Waals surface area contributed by atoms with Gasteiger partial charge in [0.1, 0.15) is 0 Å². The van der Waals surface area contributed by atoms with Gasteiger partial charge in [0.25, 0.3) is 0 Å². The monoisotopic (exact) mass is 266 g/mol. The fourth-order valence-electron chi connectivity index (χ4n) is 4.57. The Bertz CT molecular complexity index is 353. The molecule has 3 unspecified atom stereocenters. The van der Waals surface area contributed by atoms with Crippen molar-refractivity contribution in [1.82, 2.24) is 4.90 Å². The molecule has 110 valence electrons. The van der Waals surface area contributed by atoms with E-state index >= 15 is 0 Å². The molecule has 0 aromatic rings. The first kappa shape index (κ1) is 14.8. The van der Waals surface area contributed by atoms with Gasteiger partial charge in [-0.2, -0.15) is 0 Å². The fraction of sp³-hybridized carbons (Fsp3) is 0.938. The minimum absolute atomic E-state index is 0.0405. The second-order valence-corrected chi connectivity index (χ2v) is 7.99. The van der Waals surface area contributed by atoms with Gasteiger partial charge >= 0.3 is 0 Å². The molecule has 3 nitrogen and oxygen atoms in total. The molecule has 2 N–H and O–H groups in total. The molecule has 2 fully saturated rings. The van der Waals surface area contributed by atoms with Crippen molar-refractivity contribution in [2.24, 2.45) is 16.6 Å². The van der Waals surface area contributed by atoms with Gasteiger partial charge in [0.05, 0.1) is 0 Å². The third kappa shape index (κ3) is 3.31. The summed E-state index contributed by atoms with van der Waals surface area (Å²) < 4.78 is 0. The van der Waals surface area contributed by atoms with Crippen LogP contribution in [-0.4, -0.2) is 29.4 Å². The van der Waals surface area contributed by atoms with Crippen LogP contribution in [0.15, 0.2) is 0 Å². The van der Waals surface area contributed by atoms with Gasteiger partial charge in [0, 0.05) is 25.0 Å². The third-order valence-electron chi connectivity index (χ3n) is 4.83. The molecule has 19 heavy (non-hydrogen) atoms. The SMILES string of the molecule is CCCC(N)CC(=O)N1CC2(C)CC1CC(C)(C)C2. The van der Waals surface area contributed by atoms with Crippen LogP contribution in [0.2, 0.25) is 0 Å². The molecule has 1 aliphatic carbocycles. The average Bonchev–Trinajstić information content (AvgIpc) is 2.47. The molecule has 2 rings (SSSR count). The van der Waals surface area contributed by atoms with E-state index in [-0.39, 0.29) is 11.9 Å². The Balaban J connectivity index is 2.01. The summed E-state index contributed by atoms with van der Waals surface area (Å²) in [5, 5.41) is 0. The van der Waals surface area contributed by atoms with Crippen LogP contribution in [0.4, 0.5) is 0 Å². The van der Waals surface area contributed by atoms with E-state index in [1.807, 2.05) is 0 Å². The molecule has 0 aromatic carbocycles. The predicted molar refractivity (Wildman–Crippen MR) is 78.7 cm³/mol. The number of hydrogen-bond acceptors (Lipinski definition) is 2. The van der Waals surface area contributed by atoms with Crippen molar-refractivity contribution < 1.29 is 4.79 Å². The van der Waals surface area contributed by atoms with Gasteiger partial charge in [-0.3, -0.25) is 4.79 Å². The highest BCUT2D eigenvalue weighted by Gasteiger charge is 2.50. The topological polar surface area (TPSA) is 46.3 Å². The molecule has 1 aliphatic heterocycles. The maximum atomic E-state index is 12.5. The number of carbonyl (C=O) groups excluding carboxylic acids is 1. The molecule has 1 saturated carbocycles. The van der Waals surface area contributed by atoms with E-state index < -0.39 is 0 Å². The smallest absolute Gasteiger partial charge is 0.224 e. The van der Waals surface area contributed by atoms with Crippen molar-refractivity contribution in [2.45, 2.75) is 78.3 Å². The normalized spacial score (nSPS) is 34.4. The first-order valence-electron chi connectivity index (χ1n) is 7.80. The summed E-state index contributed by atoms with van der Waals surface area (Å²) in [5.41, 5.74) is 6.73. The van der Waals surface area contributed by atoms with Gasteiger partial charge in [0.15, 0.2) is 0 Å². The van der Waals surface area contributed by atoms with Crippen LogP contribution in [0.25, 0.3) is 0 Å². The predicted octanol–water partition coefficient (Wildman–Crippen LogP) is 2.93. The van der Waals surface area contributed by atoms with Crippen LogP contribution in [0.3, 0.4) is 0 Å². The number of nitrogens with two attached hydrogens (primary N) is 1. The molecule has 2 bridgehead atoms. The van der Waals surface area contributed by atoms with Gasteiger partial charge in [-0.05, 0) is 36.5 Å². The molecule has 1 saturated heterocycles. The molecule has 3 atom stereocenters. The highest BCUT2D eigenvalue weighted by atomic mass is 16.2. The summed E-state index contributed by atoms with van der Waals surface area (Å²) in [4.78, 5) is 14.6. The van der Waals surface area contributed by atoms with E-state index in [0.717, 1.165) is 25.8 Å². The van der Waals surface area contributed by atoms with Gasteiger partial charge in [-0.1, -0.05) is 34.1 Å². The van der Waals surface area contributed by atoms with Gasteiger partial charge < -0.3 is 10.6 Å². The minimum Gasteiger partial charge on any atom is -0.339 e. The van der Waals surface area contributed by atoms with E-state index in [4.69, 9.17) is 5.73 Å². The molecule has 0 radical (unpaired) electrons. The largest absolute Gasteiger partial charge is 0.339 e. The highest BCUT2D eigenvalue weighted by molar-refractivity contribution is 5.77. The van der Waals surface area contributed by atoms with Crippen molar-refractivity contribution in [3.8, 4) is 0 Å². The Morgan fingerprint density at radius 1 is 1.37 bits per heavy atom. The van der Waals surface area contributed by atoms with Crippen LogP contribution in [0.5, 0.6) is 0 Å². The number of nitrogens with zero attached hydrogens (tertiary/aromatic N) is 1. The van der Waals surface area contributed by atoms with Crippen LogP contribution in [0.1, 0.15) is 66.2 Å². The Morgan fingerprint density at radius 2 is 2.05 bits per heavy atom. The number of hydrogen-bond donors (Lipinski definition) is 1. The third-order valence-corrected chi connectivity index (χ3v) is 4.83. The first-order valence-corrected chi connectivity index (χ1v) is 7.80. The fourth-order valence-corrected chi connectivity index (χ4v) is 4.57. The first-order chi connectivity index (χ1) is 8.75. The van der Waals surface area contributed by atoms with E-state index in [9.17, 15) is 4.79 Å². The average molecular weight is 266 g/mol. The quantitative estimate of drug-likeness (QED) is 0.850. The molecular weight excluding hydrogens is 236 g/mol. The second-order valence-electron chi connectivity index (χ2n) is 7.99. The lowest BCUT2D eigenvalue weighted by Gasteiger charge is -2.39. The zero-order valence-electron chi connectivity index (χ0n) is 13.0. The van der Waals surface area contributed by atoms with Crippen molar-refractivity contribution in [3.63, 3.8) is 0 Å². The number of carbonyl (C=O) groups is 1. The molecule has 2 aliphatic rings. The zero-order valence-corrected chi connectivity index (χ0v) is 13.0. The molecule has 0 spiro atoms. The van der Waals surface area contributed by atoms with Gasteiger partial charge in [-0.25, -0.2) is 0 Å². The lowest BCUT2D eigenvalue weighted by molar-refractivity contribution is -0.132. The summed E-state index contributed by atoms with van der Waals surface area (Å²) in [6.07, 6.45) is 6.11. The molecule has 0 aromatic heterocycles. The van der Waals surface area contributed by atoms with Crippen LogP contribution < -0.4 is 5.73 Å². The standard InChI is InChI=1S/C16H30N2O/c1-5-6-12(17)7-14(19)18-11-16(4)9-13(18)8-15(2,3)10-16/h12-13H,5-11,17H2,1-4H3. The van der Waals surface area contributed by atoms with Crippen LogP contribution in [-0.2, 0) is 4.79 Å². The van der Waals surface area contributed by atoms with Gasteiger partial charge in [-0.15, -0.1) is 0 Å². The second kappa shape index (κ2) is 5.08. The van der Waals surface area contributed by atoms with E-state index in [1.165, 1.54) is 12.8 Å². The van der Waals surface area contributed by atoms with Crippen molar-refractivity contribution in [2.75, 3.05) is 6.54 Å². The maximum Gasteiger partial charge on any atom is 0.224 e. The summed E-state index contributed by atoms with van der Waals surface area (Å²) in [7, 11) is 0. The molecule has 1 heterocycles. The van der Waals surface area contributed by atoms with E-state index in [1.54, 1.807) is 0 Å². The lowest BCUT2D eigenvalue weighted by Crippen LogP contribution is -2.40. The van der Waals surface area contributed by atoms with Crippen LogP contribution in [0, 0.1) is 10.8 Å². The van der Waals surface area contributed by atoms with Crippen LogP contribution >= 0.6 is 0 Å². The molecule has 1 amide bonds. The summed E-state index contributed by atoms with van der Waals surface area (Å²) in [5.74, 6) is 0.285. The summed E-state index contributed by atoms with van der Waals surface area (Å²) in [6, 6.07) is 0.494.